The van der Waals surface area contributed by atoms with Crippen LogP contribution in [0.3, 0.4) is 0 Å². The Morgan fingerprint density at radius 2 is 1.73 bits per heavy atom. The van der Waals surface area contributed by atoms with Gasteiger partial charge >= 0.3 is 5.97 Å². The zero-order chi connectivity index (χ0) is 19.6. The lowest BCUT2D eigenvalue weighted by Crippen LogP contribution is -2.23. The minimum Gasteiger partial charge on any atom is -0.469 e. The van der Waals surface area contributed by atoms with Gasteiger partial charge in [0.2, 0.25) is 0 Å². The summed E-state index contributed by atoms with van der Waals surface area (Å²) in [7, 11) is 1.34. The van der Waals surface area contributed by atoms with E-state index in [0.717, 1.165) is 19.3 Å². The molecule has 0 aromatic heterocycles. The van der Waals surface area contributed by atoms with Crippen molar-refractivity contribution in [1.82, 2.24) is 0 Å². The maximum absolute atomic E-state index is 10.9. The average molecular weight is 364 g/mol. The lowest BCUT2D eigenvalue weighted by atomic mass is 10.1. The van der Waals surface area contributed by atoms with Crippen LogP contribution >= 0.6 is 0 Å². The molecule has 146 valence electrons. The Bertz CT molecular complexity index is 510. The molecule has 0 aliphatic rings. The van der Waals surface area contributed by atoms with Gasteiger partial charge < -0.3 is 20.1 Å². The quantitative estimate of drug-likeness (QED) is 0.214. The number of aliphatic hydroxyl groups is 3. The van der Waals surface area contributed by atoms with Gasteiger partial charge in [-0.05, 0) is 37.5 Å². The molecule has 0 aliphatic heterocycles. The first-order valence-electron chi connectivity index (χ1n) is 9.13. The maximum Gasteiger partial charge on any atom is 0.305 e. The van der Waals surface area contributed by atoms with Gasteiger partial charge in [-0.3, -0.25) is 4.79 Å². The standard InChI is InChI=1S/C21H32O5/c1-3-4-9-15-19(23)20(24)16-11-8-6-5-7-10-13-18(22)14-12-17-21(25)26-2/h6,8,10-11,13,16,18-20,22-24H,3-4,9,12,14-15,17H2,1-2H3/b8-6+,13-10+,16-11+. The van der Waals surface area contributed by atoms with Gasteiger partial charge in [-0.2, -0.15) is 0 Å². The maximum atomic E-state index is 10.9. The second kappa shape index (κ2) is 16.6. The van der Waals surface area contributed by atoms with Gasteiger partial charge in [0.15, 0.2) is 0 Å². The van der Waals surface area contributed by atoms with E-state index in [1.807, 2.05) is 0 Å². The summed E-state index contributed by atoms with van der Waals surface area (Å²) in [6.07, 6.45) is 12.3. The summed E-state index contributed by atoms with van der Waals surface area (Å²) in [5.41, 5.74) is 0. The number of hydrogen-bond donors (Lipinski definition) is 3. The molecule has 3 atom stereocenters. The zero-order valence-electron chi connectivity index (χ0n) is 15.8. The lowest BCUT2D eigenvalue weighted by molar-refractivity contribution is -0.140. The number of rotatable bonds is 12. The summed E-state index contributed by atoms with van der Waals surface area (Å²) < 4.78 is 4.52. The molecule has 0 spiro atoms. The predicted molar refractivity (Wildman–Crippen MR) is 103 cm³/mol. The van der Waals surface area contributed by atoms with Crippen LogP contribution < -0.4 is 0 Å². The van der Waals surface area contributed by atoms with E-state index < -0.39 is 18.3 Å². The fourth-order valence-electron chi connectivity index (χ4n) is 2.09. The highest BCUT2D eigenvalue weighted by Gasteiger charge is 2.11. The third-order valence-corrected chi connectivity index (χ3v) is 3.69. The molecular weight excluding hydrogens is 332 g/mol. The van der Waals surface area contributed by atoms with Gasteiger partial charge in [0, 0.05) is 6.42 Å². The van der Waals surface area contributed by atoms with Crippen LogP contribution in [-0.2, 0) is 9.53 Å². The van der Waals surface area contributed by atoms with Crippen LogP contribution in [0.1, 0.15) is 51.9 Å². The minimum atomic E-state index is -0.871. The molecule has 0 aromatic carbocycles. The number of allylic oxidation sites excluding steroid dienone is 4. The second-order valence-corrected chi connectivity index (χ2v) is 5.98. The van der Waals surface area contributed by atoms with Gasteiger partial charge in [0.1, 0.15) is 0 Å². The molecule has 3 unspecified atom stereocenters. The van der Waals surface area contributed by atoms with Crippen molar-refractivity contribution in [3.8, 4) is 11.8 Å². The summed E-state index contributed by atoms with van der Waals surface area (Å²) in [4.78, 5) is 10.9. The van der Waals surface area contributed by atoms with E-state index >= 15 is 0 Å². The van der Waals surface area contributed by atoms with E-state index in [4.69, 9.17) is 0 Å². The molecule has 0 bridgehead atoms. The molecule has 0 aromatic rings. The van der Waals surface area contributed by atoms with Crippen molar-refractivity contribution in [3.05, 3.63) is 36.5 Å². The largest absolute Gasteiger partial charge is 0.469 e. The van der Waals surface area contributed by atoms with Crippen LogP contribution in [0.4, 0.5) is 0 Å². The topological polar surface area (TPSA) is 87.0 Å². The Labute approximate surface area is 157 Å². The molecule has 0 rings (SSSR count). The lowest BCUT2D eigenvalue weighted by Gasteiger charge is -2.13. The predicted octanol–water partition coefficient (Wildman–Crippen LogP) is 2.66. The monoisotopic (exact) mass is 364 g/mol. The van der Waals surface area contributed by atoms with Crippen molar-refractivity contribution >= 4 is 5.97 Å². The molecule has 0 fully saturated rings. The van der Waals surface area contributed by atoms with E-state index in [0.29, 0.717) is 25.7 Å². The SMILES string of the molecule is CCCCCC(O)C(O)/C=C/C=C/C#C/C=C/C(O)CCCC(=O)OC. The summed E-state index contributed by atoms with van der Waals surface area (Å²) in [5, 5.41) is 29.2. The fourth-order valence-corrected chi connectivity index (χ4v) is 2.09. The molecule has 5 heteroatoms. The van der Waals surface area contributed by atoms with Crippen molar-refractivity contribution in [1.29, 1.82) is 0 Å². The molecule has 0 heterocycles. The number of ether oxygens (including phenoxy) is 1. The van der Waals surface area contributed by atoms with Crippen molar-refractivity contribution in [2.45, 2.75) is 70.2 Å². The molecule has 0 amide bonds. The molecule has 0 saturated carbocycles. The van der Waals surface area contributed by atoms with Crippen LogP contribution in [0, 0.1) is 11.8 Å². The summed E-state index contributed by atoms with van der Waals surface area (Å²) >= 11 is 0. The van der Waals surface area contributed by atoms with Crippen LogP contribution in [-0.4, -0.2) is 46.7 Å². The molecular formula is C21H32O5. The molecule has 5 nitrogen and oxygen atoms in total. The number of unbranched alkanes of at least 4 members (excludes halogenated alkanes) is 2. The second-order valence-electron chi connectivity index (χ2n) is 5.98. The molecule has 0 aliphatic carbocycles. The highest BCUT2D eigenvalue weighted by Crippen LogP contribution is 2.07. The van der Waals surface area contributed by atoms with Crippen molar-refractivity contribution < 1.29 is 24.9 Å². The first-order chi connectivity index (χ1) is 12.5. The third-order valence-electron chi connectivity index (χ3n) is 3.69. The minimum absolute atomic E-state index is 0.280. The van der Waals surface area contributed by atoms with E-state index in [9.17, 15) is 20.1 Å². The Morgan fingerprint density at radius 3 is 2.42 bits per heavy atom. The Kier molecular flexibility index (Phi) is 15.4. The fraction of sp³-hybridized carbons (Fsp3) is 0.571. The van der Waals surface area contributed by atoms with E-state index in [-0.39, 0.29) is 5.97 Å². The van der Waals surface area contributed by atoms with E-state index in [1.54, 1.807) is 30.4 Å². The molecule has 3 N–H and O–H groups in total. The number of carbonyl (C=O) groups excluding carboxylic acids is 1. The first-order valence-corrected chi connectivity index (χ1v) is 9.13. The van der Waals surface area contributed by atoms with Crippen LogP contribution in [0.15, 0.2) is 36.5 Å². The van der Waals surface area contributed by atoms with Gasteiger partial charge in [-0.1, -0.05) is 56.3 Å². The number of methoxy groups -OCH3 is 1. The van der Waals surface area contributed by atoms with Crippen LogP contribution in [0.5, 0.6) is 0 Å². The van der Waals surface area contributed by atoms with Crippen molar-refractivity contribution in [2.24, 2.45) is 0 Å². The number of esters is 1. The van der Waals surface area contributed by atoms with E-state index in [1.165, 1.54) is 13.2 Å². The van der Waals surface area contributed by atoms with Gasteiger partial charge in [0.25, 0.3) is 0 Å². The van der Waals surface area contributed by atoms with Gasteiger partial charge in [-0.25, -0.2) is 0 Å². The normalized spacial score (nSPS) is 15.1. The smallest absolute Gasteiger partial charge is 0.305 e. The Hall–Kier alpha value is -1.87. The summed E-state index contributed by atoms with van der Waals surface area (Å²) in [5.74, 6) is 5.25. The average Bonchev–Trinajstić information content (AvgIpc) is 2.63. The van der Waals surface area contributed by atoms with Crippen molar-refractivity contribution in [3.63, 3.8) is 0 Å². The summed E-state index contributed by atoms with van der Waals surface area (Å²) in [6.45, 7) is 2.09. The number of hydrogen-bond acceptors (Lipinski definition) is 5. The van der Waals surface area contributed by atoms with Crippen molar-refractivity contribution in [2.75, 3.05) is 7.11 Å². The Morgan fingerprint density at radius 1 is 1.00 bits per heavy atom. The zero-order valence-corrected chi connectivity index (χ0v) is 15.8. The highest BCUT2D eigenvalue weighted by molar-refractivity contribution is 5.68. The molecule has 0 radical (unpaired) electrons. The van der Waals surface area contributed by atoms with E-state index in [2.05, 4.69) is 23.5 Å². The molecule has 26 heavy (non-hydrogen) atoms. The molecule has 0 saturated heterocycles. The van der Waals surface area contributed by atoms with Crippen LogP contribution in [0.25, 0.3) is 0 Å². The summed E-state index contributed by atoms with van der Waals surface area (Å²) in [6, 6.07) is 0. The number of aliphatic hydroxyl groups excluding tert-OH is 3. The van der Waals surface area contributed by atoms with Crippen LogP contribution in [0.2, 0.25) is 0 Å². The highest BCUT2D eigenvalue weighted by atomic mass is 16.5. The third kappa shape index (κ3) is 14.5. The number of carbonyl (C=O) groups is 1. The first kappa shape index (κ1) is 24.1. The Balaban J connectivity index is 4.02. The van der Waals surface area contributed by atoms with Gasteiger partial charge in [-0.15, -0.1) is 0 Å². The van der Waals surface area contributed by atoms with Gasteiger partial charge in [0.05, 0.1) is 25.4 Å².